The molecule has 0 aliphatic heterocycles. The molecule has 0 saturated carbocycles. The van der Waals surface area contributed by atoms with E-state index in [1.807, 2.05) is 0 Å². The van der Waals surface area contributed by atoms with Gasteiger partial charge in [-0.25, -0.2) is 4.57 Å². The highest BCUT2D eigenvalue weighted by Gasteiger charge is 2.04. The summed E-state index contributed by atoms with van der Waals surface area (Å²) < 4.78 is 12.0. The molecule has 0 radical (unpaired) electrons. The van der Waals surface area contributed by atoms with E-state index in [1.165, 1.54) is 101 Å². The van der Waals surface area contributed by atoms with E-state index in [0.29, 0.717) is 0 Å². The van der Waals surface area contributed by atoms with Crippen LogP contribution in [0.25, 0.3) is 0 Å². The Morgan fingerprint density at radius 2 is 0.853 bits per heavy atom. The van der Waals surface area contributed by atoms with Crippen molar-refractivity contribution < 1.29 is 19.2 Å². The van der Waals surface area contributed by atoms with Gasteiger partial charge >= 0.3 is 28.2 Å². The third-order valence-corrected chi connectivity index (χ3v) is 7.85. The number of rotatable bonds is 16. The van der Waals surface area contributed by atoms with Gasteiger partial charge in [0.2, 0.25) is 0 Å². The summed E-state index contributed by atoms with van der Waals surface area (Å²) in [6.07, 6.45) is 19.1. The summed E-state index contributed by atoms with van der Waals surface area (Å²) in [6, 6.07) is 19.1. The fourth-order valence-corrected chi connectivity index (χ4v) is 5.52. The molecule has 6 heteroatoms. The van der Waals surface area contributed by atoms with Crippen LogP contribution in [0.1, 0.15) is 102 Å². The van der Waals surface area contributed by atoms with Gasteiger partial charge in [-0.3, -0.25) is 0 Å². The summed E-state index contributed by atoms with van der Waals surface area (Å²) in [7, 11) is -4.64. The Hall–Kier alpha value is -0.684. The number of hydrogen-bond acceptors (Lipinski definition) is 1. The van der Waals surface area contributed by atoms with Gasteiger partial charge < -0.3 is 14.7 Å². The van der Waals surface area contributed by atoms with Crippen LogP contribution >= 0.6 is 7.82 Å². The zero-order valence-corrected chi connectivity index (χ0v) is 23.7. The number of phosphoric acid groups is 1. The SMILES string of the molecule is CCCCCCCCc1cc[c]([Mg][c]2ccc(CCCCCCCC)cc2)cc1.O=P(O)(O)O. The summed E-state index contributed by atoms with van der Waals surface area (Å²) in [6.45, 7) is 4.57. The minimum atomic E-state index is -4.64. The molecule has 0 unspecified atom stereocenters. The van der Waals surface area contributed by atoms with Crippen molar-refractivity contribution >= 4 is 35.6 Å². The quantitative estimate of drug-likeness (QED) is 0.145. The first kappa shape index (κ1) is 31.3. The summed E-state index contributed by atoms with van der Waals surface area (Å²) in [5.41, 5.74) is 3.04. The second kappa shape index (κ2) is 19.5. The first-order valence-electron chi connectivity index (χ1n) is 13.3. The molecule has 0 amide bonds. The zero-order chi connectivity index (χ0) is 25.1. The fraction of sp³-hybridized carbons (Fsp3) is 0.571. The molecule has 0 fully saturated rings. The van der Waals surface area contributed by atoms with Gasteiger partial charge in [-0.15, -0.1) is 0 Å². The van der Waals surface area contributed by atoms with Crippen LogP contribution in [-0.4, -0.2) is 35.0 Å². The molecule has 0 heterocycles. The molecule has 2 rings (SSSR count). The minimum absolute atomic E-state index is 0.333. The molecule has 2 aromatic rings. The van der Waals surface area contributed by atoms with Crippen molar-refractivity contribution in [3.05, 3.63) is 59.7 Å². The molecule has 0 saturated heterocycles. The monoisotopic (exact) mass is 500 g/mol. The molecule has 2 aromatic carbocycles. The van der Waals surface area contributed by atoms with E-state index in [4.69, 9.17) is 19.2 Å². The van der Waals surface area contributed by atoms with E-state index in [1.54, 1.807) is 7.39 Å². The van der Waals surface area contributed by atoms with Crippen molar-refractivity contribution in [2.24, 2.45) is 0 Å². The maximum absolute atomic E-state index is 8.88. The van der Waals surface area contributed by atoms with Gasteiger partial charge in [-0.2, -0.15) is 7.39 Å². The molecule has 0 atom stereocenters. The molecule has 188 valence electrons. The molecule has 0 aromatic heterocycles. The molecular formula is C28H45MgO4P. The van der Waals surface area contributed by atoms with Crippen molar-refractivity contribution in [2.45, 2.75) is 104 Å². The normalized spacial score (nSPS) is 11.0. The van der Waals surface area contributed by atoms with Gasteiger partial charge in [-0.1, -0.05) is 127 Å². The average Bonchev–Trinajstić information content (AvgIpc) is 2.79. The molecular weight excluding hydrogens is 456 g/mol. The third-order valence-electron chi connectivity index (χ3n) is 6.09. The first-order chi connectivity index (χ1) is 16.3. The van der Waals surface area contributed by atoms with Gasteiger partial charge in [0.1, 0.15) is 0 Å². The predicted octanol–water partition coefficient (Wildman–Crippen LogP) is 6.22. The Kier molecular flexibility index (Phi) is 18.0. The Morgan fingerprint density at radius 3 is 1.18 bits per heavy atom. The minimum Gasteiger partial charge on any atom is -0.303 e. The number of unbranched alkanes of at least 4 members (excludes halogenated alkanes) is 10. The highest BCUT2D eigenvalue weighted by atomic mass is 31.2. The Morgan fingerprint density at radius 1 is 0.559 bits per heavy atom. The van der Waals surface area contributed by atoms with Crippen LogP contribution in [0, 0.1) is 0 Å². The molecule has 0 bridgehead atoms. The largest absolute Gasteiger partial charge is 0.466 e. The third kappa shape index (κ3) is 18.6. The van der Waals surface area contributed by atoms with Crippen LogP contribution in [0.15, 0.2) is 48.5 Å². The Labute approximate surface area is 217 Å². The van der Waals surface area contributed by atoms with E-state index in [9.17, 15) is 0 Å². The second-order valence-corrected chi connectivity index (χ2v) is 12.4. The Bertz CT molecular complexity index is 721. The lowest BCUT2D eigenvalue weighted by Gasteiger charge is -2.06. The van der Waals surface area contributed by atoms with E-state index in [0.717, 1.165) is 0 Å². The van der Waals surface area contributed by atoms with Crippen LogP contribution in [0.5, 0.6) is 0 Å². The summed E-state index contributed by atoms with van der Waals surface area (Å²) in [5, 5.41) is 0. The summed E-state index contributed by atoms with van der Waals surface area (Å²) >= 11 is -0.333. The molecule has 3 N–H and O–H groups in total. The van der Waals surface area contributed by atoms with Crippen molar-refractivity contribution in [1.82, 2.24) is 0 Å². The average molecular weight is 501 g/mol. The standard InChI is InChI=1S/2C14H21.Mg.H3O4P/c2*1-2-3-4-5-6-8-11-14-12-9-7-10-13-14;;1-5(2,3)4/h2*9-10,12-13H,2-6,8,11H2,1H3;;(H3,1,2,3,4). The predicted molar refractivity (Wildman–Crippen MR) is 146 cm³/mol. The van der Waals surface area contributed by atoms with Crippen LogP contribution in [-0.2, 0) is 17.4 Å². The van der Waals surface area contributed by atoms with E-state index in [-0.39, 0.29) is 20.4 Å². The number of benzene rings is 2. The highest BCUT2D eigenvalue weighted by Crippen LogP contribution is 2.25. The lowest BCUT2D eigenvalue weighted by atomic mass is 10.1. The van der Waals surface area contributed by atoms with Gasteiger partial charge in [0.25, 0.3) is 0 Å². The molecule has 0 aliphatic rings. The number of aryl methyl sites for hydroxylation is 2. The first-order valence-corrected chi connectivity index (χ1v) is 16.2. The van der Waals surface area contributed by atoms with Crippen LogP contribution < -0.4 is 7.39 Å². The summed E-state index contributed by atoms with van der Waals surface area (Å²) in [5.74, 6) is 0. The maximum Gasteiger partial charge on any atom is 0.466 e. The van der Waals surface area contributed by atoms with Crippen molar-refractivity contribution in [3.63, 3.8) is 0 Å². The maximum atomic E-state index is 8.88. The van der Waals surface area contributed by atoms with Crippen LogP contribution in [0.4, 0.5) is 0 Å². The highest BCUT2D eigenvalue weighted by molar-refractivity contribution is 7.45. The van der Waals surface area contributed by atoms with Gasteiger partial charge in [-0.05, 0) is 36.8 Å². The van der Waals surface area contributed by atoms with Gasteiger partial charge in [0.15, 0.2) is 0 Å². The van der Waals surface area contributed by atoms with E-state index < -0.39 is 7.82 Å². The Balaban J connectivity index is 0.00000104. The molecule has 34 heavy (non-hydrogen) atoms. The smallest absolute Gasteiger partial charge is 0.303 e. The topological polar surface area (TPSA) is 77.8 Å². The number of hydrogen-bond donors (Lipinski definition) is 3. The van der Waals surface area contributed by atoms with Crippen molar-refractivity contribution in [2.75, 3.05) is 0 Å². The summed E-state index contributed by atoms with van der Waals surface area (Å²) in [4.78, 5) is 21.6. The molecule has 0 spiro atoms. The lowest BCUT2D eigenvalue weighted by Crippen LogP contribution is -2.26. The van der Waals surface area contributed by atoms with Crippen molar-refractivity contribution in [1.29, 1.82) is 0 Å². The zero-order valence-electron chi connectivity index (χ0n) is 21.4. The van der Waals surface area contributed by atoms with Crippen molar-refractivity contribution in [3.8, 4) is 0 Å². The lowest BCUT2D eigenvalue weighted by molar-refractivity contribution is 0.275. The van der Waals surface area contributed by atoms with Crippen LogP contribution in [0.3, 0.4) is 0 Å². The van der Waals surface area contributed by atoms with Crippen LogP contribution in [0.2, 0.25) is 0 Å². The van der Waals surface area contributed by atoms with Gasteiger partial charge in [0.05, 0.1) is 0 Å². The van der Waals surface area contributed by atoms with E-state index >= 15 is 0 Å². The molecule has 0 aliphatic carbocycles. The van der Waals surface area contributed by atoms with Gasteiger partial charge in [0, 0.05) is 0 Å². The fourth-order valence-electron chi connectivity index (χ4n) is 4.10. The second-order valence-electron chi connectivity index (χ2n) is 9.36. The van der Waals surface area contributed by atoms with E-state index in [2.05, 4.69) is 62.4 Å². The molecule has 4 nitrogen and oxygen atoms in total.